The van der Waals surface area contributed by atoms with Crippen molar-refractivity contribution in [3.8, 4) is 0 Å². The molecule has 1 aromatic heterocycles. The monoisotopic (exact) mass is 413 g/mol. The van der Waals surface area contributed by atoms with Crippen LogP contribution in [-0.4, -0.2) is 30.4 Å². The number of esters is 1. The lowest BCUT2D eigenvalue weighted by molar-refractivity contribution is -0.133. The van der Waals surface area contributed by atoms with Gasteiger partial charge in [-0.05, 0) is 43.2 Å². The van der Waals surface area contributed by atoms with Crippen LogP contribution in [0.2, 0.25) is 5.02 Å². The predicted octanol–water partition coefficient (Wildman–Crippen LogP) is 3.88. The summed E-state index contributed by atoms with van der Waals surface area (Å²) in [6.07, 6.45) is 0. The van der Waals surface area contributed by atoms with Crippen molar-refractivity contribution in [1.82, 2.24) is 4.90 Å². The Bertz CT molecular complexity index is 1150. The SMILES string of the molecule is Cc1ccc(CN(C)C(=O)COC(=O)c2cc(=O)c3cc(Cl)ccc3o2)c(C)c1. The molecule has 0 aliphatic heterocycles. The van der Waals surface area contributed by atoms with E-state index in [1.807, 2.05) is 32.0 Å². The molecule has 7 heteroatoms. The van der Waals surface area contributed by atoms with Gasteiger partial charge in [-0.3, -0.25) is 9.59 Å². The number of nitrogens with zero attached hydrogens (tertiary/aromatic N) is 1. The van der Waals surface area contributed by atoms with E-state index in [0.717, 1.165) is 22.8 Å². The van der Waals surface area contributed by atoms with Crippen molar-refractivity contribution in [2.45, 2.75) is 20.4 Å². The largest absolute Gasteiger partial charge is 0.450 e. The smallest absolute Gasteiger partial charge is 0.374 e. The van der Waals surface area contributed by atoms with Gasteiger partial charge in [0.1, 0.15) is 5.58 Å². The first-order valence-electron chi connectivity index (χ1n) is 8.95. The predicted molar refractivity (Wildman–Crippen MR) is 110 cm³/mol. The van der Waals surface area contributed by atoms with Gasteiger partial charge in [-0.25, -0.2) is 4.79 Å². The molecule has 1 heterocycles. The summed E-state index contributed by atoms with van der Waals surface area (Å²) in [6.45, 7) is 3.93. The second-order valence-electron chi connectivity index (χ2n) is 6.87. The quantitative estimate of drug-likeness (QED) is 0.593. The van der Waals surface area contributed by atoms with Gasteiger partial charge in [-0.1, -0.05) is 35.4 Å². The van der Waals surface area contributed by atoms with Gasteiger partial charge in [0.05, 0.1) is 5.39 Å². The van der Waals surface area contributed by atoms with Crippen LogP contribution in [0.15, 0.2) is 51.7 Å². The minimum absolute atomic E-state index is 0.215. The van der Waals surface area contributed by atoms with E-state index in [4.69, 9.17) is 20.8 Å². The molecule has 0 atom stereocenters. The van der Waals surface area contributed by atoms with Crippen LogP contribution in [0.3, 0.4) is 0 Å². The van der Waals surface area contributed by atoms with E-state index in [0.29, 0.717) is 11.6 Å². The van der Waals surface area contributed by atoms with E-state index in [1.54, 1.807) is 13.1 Å². The number of fused-ring (bicyclic) bond motifs is 1. The zero-order chi connectivity index (χ0) is 21.1. The molecular weight excluding hydrogens is 394 g/mol. The van der Waals surface area contributed by atoms with E-state index >= 15 is 0 Å². The maximum Gasteiger partial charge on any atom is 0.374 e. The molecule has 0 saturated carbocycles. The molecule has 150 valence electrons. The van der Waals surface area contributed by atoms with Crippen molar-refractivity contribution in [3.63, 3.8) is 0 Å². The molecule has 6 nitrogen and oxygen atoms in total. The Morgan fingerprint density at radius 3 is 2.59 bits per heavy atom. The Hall–Kier alpha value is -3.12. The van der Waals surface area contributed by atoms with E-state index in [-0.39, 0.29) is 22.6 Å². The molecule has 0 unspecified atom stereocenters. The zero-order valence-corrected chi connectivity index (χ0v) is 17.1. The average Bonchev–Trinajstić information content (AvgIpc) is 2.68. The van der Waals surface area contributed by atoms with E-state index in [1.165, 1.54) is 17.0 Å². The Balaban J connectivity index is 1.65. The number of benzene rings is 2. The number of halogens is 1. The third-order valence-corrected chi connectivity index (χ3v) is 4.78. The van der Waals surface area contributed by atoms with Crippen LogP contribution in [0.4, 0.5) is 0 Å². The molecule has 0 spiro atoms. The van der Waals surface area contributed by atoms with Crippen LogP contribution < -0.4 is 5.43 Å². The van der Waals surface area contributed by atoms with Gasteiger partial charge >= 0.3 is 5.97 Å². The van der Waals surface area contributed by atoms with Gasteiger partial charge in [0.25, 0.3) is 5.91 Å². The fourth-order valence-electron chi connectivity index (χ4n) is 2.90. The summed E-state index contributed by atoms with van der Waals surface area (Å²) in [7, 11) is 1.63. The second-order valence-corrected chi connectivity index (χ2v) is 7.31. The average molecular weight is 414 g/mol. The second kappa shape index (κ2) is 8.49. The maximum absolute atomic E-state index is 12.3. The molecule has 3 aromatic rings. The normalized spacial score (nSPS) is 10.8. The summed E-state index contributed by atoms with van der Waals surface area (Å²) < 4.78 is 10.5. The lowest BCUT2D eigenvalue weighted by atomic mass is 10.1. The van der Waals surface area contributed by atoms with Crippen LogP contribution in [0.25, 0.3) is 11.0 Å². The molecule has 3 rings (SSSR count). The summed E-state index contributed by atoms with van der Waals surface area (Å²) in [5.74, 6) is -1.52. The first-order chi connectivity index (χ1) is 13.7. The molecule has 0 saturated heterocycles. The first-order valence-corrected chi connectivity index (χ1v) is 9.33. The number of aryl methyl sites for hydroxylation is 2. The highest BCUT2D eigenvalue weighted by atomic mass is 35.5. The molecule has 0 fully saturated rings. The maximum atomic E-state index is 12.3. The number of rotatable bonds is 5. The van der Waals surface area contributed by atoms with Gasteiger partial charge in [0.15, 0.2) is 12.0 Å². The minimum atomic E-state index is -0.882. The minimum Gasteiger partial charge on any atom is -0.450 e. The number of hydrogen-bond acceptors (Lipinski definition) is 5. The lowest BCUT2D eigenvalue weighted by Crippen LogP contribution is -2.31. The van der Waals surface area contributed by atoms with Gasteiger partial charge in [-0.2, -0.15) is 0 Å². The highest BCUT2D eigenvalue weighted by Gasteiger charge is 2.18. The number of amides is 1. The molecule has 0 N–H and O–H groups in total. The third kappa shape index (κ3) is 4.84. The number of ether oxygens (including phenoxy) is 1. The molecule has 0 bridgehead atoms. The molecule has 0 radical (unpaired) electrons. The highest BCUT2D eigenvalue weighted by molar-refractivity contribution is 6.31. The van der Waals surface area contributed by atoms with Crippen molar-refractivity contribution in [2.24, 2.45) is 0 Å². The van der Waals surface area contributed by atoms with Crippen molar-refractivity contribution in [2.75, 3.05) is 13.7 Å². The van der Waals surface area contributed by atoms with Gasteiger partial charge in [-0.15, -0.1) is 0 Å². The number of likely N-dealkylation sites (N-methyl/N-ethyl adjacent to an activating group) is 1. The van der Waals surface area contributed by atoms with Crippen molar-refractivity contribution < 1.29 is 18.7 Å². The van der Waals surface area contributed by atoms with Crippen LogP contribution in [-0.2, 0) is 16.1 Å². The molecule has 0 aliphatic carbocycles. The van der Waals surface area contributed by atoms with E-state index in [2.05, 4.69) is 0 Å². The summed E-state index contributed by atoms with van der Waals surface area (Å²) in [6, 6.07) is 11.5. The number of carbonyl (C=O) groups is 2. The molecular formula is C22H20ClNO5. The topological polar surface area (TPSA) is 76.8 Å². The fraction of sp³-hybridized carbons (Fsp3) is 0.227. The lowest BCUT2D eigenvalue weighted by Gasteiger charge is -2.18. The molecule has 29 heavy (non-hydrogen) atoms. The summed E-state index contributed by atoms with van der Waals surface area (Å²) in [5.41, 5.74) is 3.04. The number of carbonyl (C=O) groups excluding carboxylic acids is 2. The Kier molecular flexibility index (Phi) is 6.03. The first kappa shape index (κ1) is 20.6. The van der Waals surface area contributed by atoms with Gasteiger partial charge in [0.2, 0.25) is 5.76 Å². The third-order valence-electron chi connectivity index (χ3n) is 4.55. The van der Waals surface area contributed by atoms with Crippen molar-refractivity contribution >= 4 is 34.4 Å². The molecule has 1 amide bonds. The number of hydrogen-bond donors (Lipinski definition) is 0. The molecule has 2 aromatic carbocycles. The van der Waals surface area contributed by atoms with Crippen molar-refractivity contribution in [1.29, 1.82) is 0 Å². The highest BCUT2D eigenvalue weighted by Crippen LogP contribution is 2.18. The van der Waals surface area contributed by atoms with Crippen LogP contribution in [0.1, 0.15) is 27.2 Å². The van der Waals surface area contributed by atoms with Crippen molar-refractivity contribution in [3.05, 3.63) is 80.2 Å². The van der Waals surface area contributed by atoms with Crippen LogP contribution >= 0.6 is 11.6 Å². The Morgan fingerprint density at radius 2 is 1.86 bits per heavy atom. The van der Waals surface area contributed by atoms with E-state index < -0.39 is 18.0 Å². The Morgan fingerprint density at radius 1 is 1.10 bits per heavy atom. The van der Waals surface area contributed by atoms with E-state index in [9.17, 15) is 14.4 Å². The Labute approximate surface area is 172 Å². The summed E-state index contributed by atoms with van der Waals surface area (Å²) >= 11 is 5.87. The summed E-state index contributed by atoms with van der Waals surface area (Å²) in [5, 5.41) is 0.649. The zero-order valence-electron chi connectivity index (χ0n) is 16.3. The molecule has 0 aliphatic rings. The van der Waals surface area contributed by atoms with Gasteiger partial charge < -0.3 is 14.1 Å². The standard InChI is InChI=1S/C22H20ClNO5/c1-13-4-5-15(14(2)8-13)11-24(3)21(26)12-28-22(27)20-10-18(25)17-9-16(23)6-7-19(17)29-20/h4-10H,11-12H2,1-3H3. The van der Waals surface area contributed by atoms with Crippen LogP contribution in [0.5, 0.6) is 0 Å². The van der Waals surface area contributed by atoms with Crippen LogP contribution in [0, 0.1) is 13.8 Å². The fourth-order valence-corrected chi connectivity index (χ4v) is 3.08. The van der Waals surface area contributed by atoms with Gasteiger partial charge in [0, 0.05) is 24.7 Å². The summed E-state index contributed by atoms with van der Waals surface area (Å²) in [4.78, 5) is 38.2.